The van der Waals surface area contributed by atoms with Gasteiger partial charge < -0.3 is 14.9 Å². The molecule has 94 valence electrons. The molecule has 0 aromatic rings. The van der Waals surface area contributed by atoms with E-state index in [0.29, 0.717) is 25.9 Å². The van der Waals surface area contributed by atoms with Gasteiger partial charge in [0.15, 0.2) is 0 Å². The van der Waals surface area contributed by atoms with E-state index >= 15 is 0 Å². The lowest BCUT2D eigenvalue weighted by Crippen LogP contribution is -2.52. The standard InChI is InChI=1S/C11H16N2O4/c1-8(14)13-5-2-3-11(13)4-6-12(10(11)17)7-9(15)16/h2-7H2,1H3,(H,15,16). The molecule has 2 rings (SSSR count). The summed E-state index contributed by atoms with van der Waals surface area (Å²) in [5, 5.41) is 8.72. The van der Waals surface area contributed by atoms with Crippen molar-refractivity contribution in [3.05, 3.63) is 0 Å². The molecule has 2 aliphatic rings. The largest absolute Gasteiger partial charge is 0.480 e. The maximum absolute atomic E-state index is 12.2. The molecule has 2 fully saturated rings. The Bertz CT molecular complexity index is 382. The van der Waals surface area contributed by atoms with Gasteiger partial charge in [-0.1, -0.05) is 0 Å². The van der Waals surface area contributed by atoms with E-state index in [2.05, 4.69) is 0 Å². The van der Waals surface area contributed by atoms with E-state index in [-0.39, 0.29) is 18.4 Å². The molecule has 0 saturated carbocycles. The molecular weight excluding hydrogens is 224 g/mol. The lowest BCUT2D eigenvalue weighted by atomic mass is 9.94. The summed E-state index contributed by atoms with van der Waals surface area (Å²) in [7, 11) is 0. The Labute approximate surface area is 99.2 Å². The van der Waals surface area contributed by atoms with E-state index in [4.69, 9.17) is 5.11 Å². The van der Waals surface area contributed by atoms with Gasteiger partial charge in [-0.3, -0.25) is 14.4 Å². The Morgan fingerprint density at radius 1 is 1.35 bits per heavy atom. The first-order valence-electron chi connectivity index (χ1n) is 5.77. The molecule has 0 aromatic carbocycles. The van der Waals surface area contributed by atoms with Gasteiger partial charge in [0.2, 0.25) is 11.8 Å². The van der Waals surface area contributed by atoms with Crippen molar-refractivity contribution in [2.75, 3.05) is 19.6 Å². The third-order valence-electron chi connectivity index (χ3n) is 3.68. The number of hydrogen-bond donors (Lipinski definition) is 1. The smallest absolute Gasteiger partial charge is 0.323 e. The van der Waals surface area contributed by atoms with Gasteiger partial charge in [0.05, 0.1) is 0 Å². The van der Waals surface area contributed by atoms with Crippen LogP contribution >= 0.6 is 0 Å². The van der Waals surface area contributed by atoms with Gasteiger partial charge in [0.1, 0.15) is 12.1 Å². The number of amides is 2. The molecule has 2 saturated heterocycles. The molecule has 0 aliphatic carbocycles. The second-order valence-corrected chi connectivity index (χ2v) is 4.68. The number of rotatable bonds is 2. The Morgan fingerprint density at radius 2 is 2.06 bits per heavy atom. The maximum atomic E-state index is 12.2. The Hall–Kier alpha value is -1.59. The van der Waals surface area contributed by atoms with E-state index < -0.39 is 11.5 Å². The summed E-state index contributed by atoms with van der Waals surface area (Å²) in [5.74, 6) is -1.32. The van der Waals surface area contributed by atoms with Crippen molar-refractivity contribution in [3.8, 4) is 0 Å². The SMILES string of the molecule is CC(=O)N1CCCC12CCN(CC(=O)O)C2=O. The number of carbonyl (C=O) groups excluding carboxylic acids is 2. The number of likely N-dealkylation sites (tertiary alicyclic amines) is 2. The first kappa shape index (κ1) is 11.9. The average molecular weight is 240 g/mol. The minimum atomic E-state index is -1.01. The molecule has 1 atom stereocenters. The summed E-state index contributed by atoms with van der Waals surface area (Å²) in [5.41, 5.74) is -0.749. The molecule has 6 nitrogen and oxygen atoms in total. The molecule has 1 unspecified atom stereocenters. The molecule has 1 N–H and O–H groups in total. The zero-order valence-electron chi connectivity index (χ0n) is 9.81. The van der Waals surface area contributed by atoms with Crippen molar-refractivity contribution < 1.29 is 19.5 Å². The van der Waals surface area contributed by atoms with Crippen molar-refractivity contribution in [1.29, 1.82) is 0 Å². The number of hydrogen-bond acceptors (Lipinski definition) is 3. The highest BCUT2D eigenvalue weighted by atomic mass is 16.4. The number of carboxylic acid groups (broad SMARTS) is 1. The van der Waals surface area contributed by atoms with Crippen LogP contribution in [-0.4, -0.2) is 57.9 Å². The monoisotopic (exact) mass is 240 g/mol. The van der Waals surface area contributed by atoms with Crippen molar-refractivity contribution in [3.63, 3.8) is 0 Å². The fraction of sp³-hybridized carbons (Fsp3) is 0.727. The van der Waals surface area contributed by atoms with Gasteiger partial charge in [0, 0.05) is 20.0 Å². The van der Waals surface area contributed by atoms with Crippen molar-refractivity contribution in [1.82, 2.24) is 9.80 Å². The van der Waals surface area contributed by atoms with Gasteiger partial charge in [-0.2, -0.15) is 0 Å². The summed E-state index contributed by atoms with van der Waals surface area (Å²) in [6.07, 6.45) is 2.02. The van der Waals surface area contributed by atoms with E-state index in [9.17, 15) is 14.4 Å². The zero-order chi connectivity index (χ0) is 12.6. The summed E-state index contributed by atoms with van der Waals surface area (Å²) in [6.45, 7) is 2.21. The summed E-state index contributed by atoms with van der Waals surface area (Å²) < 4.78 is 0. The second kappa shape index (κ2) is 4.01. The molecule has 6 heteroatoms. The zero-order valence-corrected chi connectivity index (χ0v) is 9.81. The van der Waals surface area contributed by atoms with E-state index in [1.165, 1.54) is 11.8 Å². The quantitative estimate of drug-likeness (QED) is 0.717. The lowest BCUT2D eigenvalue weighted by Gasteiger charge is -2.32. The topological polar surface area (TPSA) is 77.9 Å². The molecule has 0 radical (unpaired) electrons. The van der Waals surface area contributed by atoms with Gasteiger partial charge in [0.25, 0.3) is 0 Å². The molecule has 0 bridgehead atoms. The van der Waals surface area contributed by atoms with Gasteiger partial charge >= 0.3 is 5.97 Å². The number of carbonyl (C=O) groups is 3. The van der Waals surface area contributed by atoms with Crippen LogP contribution in [-0.2, 0) is 14.4 Å². The minimum absolute atomic E-state index is 0.104. The van der Waals surface area contributed by atoms with Crippen LogP contribution in [0.25, 0.3) is 0 Å². The van der Waals surface area contributed by atoms with E-state index in [1.54, 1.807) is 4.90 Å². The molecule has 0 aromatic heterocycles. The third kappa shape index (κ3) is 1.77. The minimum Gasteiger partial charge on any atom is -0.480 e. The van der Waals surface area contributed by atoms with Crippen LogP contribution < -0.4 is 0 Å². The normalized spacial score (nSPS) is 28.2. The highest BCUT2D eigenvalue weighted by molar-refractivity contribution is 5.94. The van der Waals surface area contributed by atoms with Crippen LogP contribution in [0.15, 0.2) is 0 Å². The molecule has 2 heterocycles. The van der Waals surface area contributed by atoms with Crippen molar-refractivity contribution in [2.45, 2.75) is 31.7 Å². The fourth-order valence-electron chi connectivity index (χ4n) is 2.96. The molecule has 1 spiro atoms. The Kier molecular flexibility index (Phi) is 2.81. The summed E-state index contributed by atoms with van der Waals surface area (Å²) >= 11 is 0. The first-order chi connectivity index (χ1) is 7.97. The van der Waals surface area contributed by atoms with Gasteiger partial charge in [-0.15, -0.1) is 0 Å². The third-order valence-corrected chi connectivity index (χ3v) is 3.68. The van der Waals surface area contributed by atoms with Crippen LogP contribution in [0.5, 0.6) is 0 Å². The van der Waals surface area contributed by atoms with Gasteiger partial charge in [-0.25, -0.2) is 0 Å². The predicted molar refractivity (Wildman–Crippen MR) is 58.2 cm³/mol. The first-order valence-corrected chi connectivity index (χ1v) is 5.77. The highest BCUT2D eigenvalue weighted by Gasteiger charge is 2.54. The molecular formula is C11H16N2O4. The van der Waals surface area contributed by atoms with Crippen LogP contribution in [0.1, 0.15) is 26.2 Å². The average Bonchev–Trinajstić information content (AvgIpc) is 2.78. The second-order valence-electron chi connectivity index (χ2n) is 4.68. The number of nitrogens with zero attached hydrogens (tertiary/aromatic N) is 2. The lowest BCUT2D eigenvalue weighted by molar-refractivity contribution is -0.148. The number of aliphatic carboxylic acids is 1. The van der Waals surface area contributed by atoms with Crippen LogP contribution in [0.3, 0.4) is 0 Å². The van der Waals surface area contributed by atoms with E-state index in [1.807, 2.05) is 0 Å². The Balaban J connectivity index is 2.20. The number of carboxylic acids is 1. The van der Waals surface area contributed by atoms with Gasteiger partial charge in [-0.05, 0) is 19.3 Å². The van der Waals surface area contributed by atoms with Crippen LogP contribution in [0.2, 0.25) is 0 Å². The fourth-order valence-corrected chi connectivity index (χ4v) is 2.96. The summed E-state index contributed by atoms with van der Waals surface area (Å²) in [4.78, 5) is 37.4. The molecule has 2 amide bonds. The maximum Gasteiger partial charge on any atom is 0.323 e. The van der Waals surface area contributed by atoms with Crippen molar-refractivity contribution >= 4 is 17.8 Å². The van der Waals surface area contributed by atoms with Crippen LogP contribution in [0, 0.1) is 0 Å². The molecule has 2 aliphatic heterocycles. The van der Waals surface area contributed by atoms with Crippen LogP contribution in [0.4, 0.5) is 0 Å². The van der Waals surface area contributed by atoms with Crippen molar-refractivity contribution in [2.24, 2.45) is 0 Å². The summed E-state index contributed by atoms with van der Waals surface area (Å²) in [6, 6.07) is 0. The predicted octanol–water partition coefficient (Wildman–Crippen LogP) is -0.316. The Morgan fingerprint density at radius 3 is 2.65 bits per heavy atom. The highest BCUT2D eigenvalue weighted by Crippen LogP contribution is 2.38. The molecule has 17 heavy (non-hydrogen) atoms. The van der Waals surface area contributed by atoms with E-state index in [0.717, 1.165) is 6.42 Å².